The first-order valence-electron chi connectivity index (χ1n) is 26.9. The predicted molar refractivity (Wildman–Crippen MR) is 315 cm³/mol. The lowest BCUT2D eigenvalue weighted by Gasteiger charge is -2.19. The summed E-state index contributed by atoms with van der Waals surface area (Å²) in [6.45, 7) is 0.153. The highest BCUT2D eigenvalue weighted by Gasteiger charge is 2.47. The minimum absolute atomic E-state index is 0.0223. The summed E-state index contributed by atoms with van der Waals surface area (Å²) >= 11 is 0. The molecule has 5 heterocycles. The molecular formula is C60H61F2N11O9S2. The molecule has 7 aromatic rings. The van der Waals surface area contributed by atoms with E-state index in [9.17, 15) is 42.8 Å². The maximum atomic E-state index is 14.0. The molecule has 5 amide bonds. The Hall–Kier alpha value is -8.95. The first kappa shape index (κ1) is 61.1. The molecule has 0 aliphatic carbocycles. The predicted octanol–water partition coefficient (Wildman–Crippen LogP) is 7.32. The van der Waals surface area contributed by atoms with Gasteiger partial charge in [-0.15, -0.1) is 0 Å². The highest BCUT2D eigenvalue weighted by atomic mass is 33.1. The van der Waals surface area contributed by atoms with Crippen molar-refractivity contribution in [3.05, 3.63) is 138 Å². The van der Waals surface area contributed by atoms with Gasteiger partial charge in [0.25, 0.3) is 17.7 Å². The van der Waals surface area contributed by atoms with Crippen LogP contribution in [0.3, 0.4) is 0 Å². The summed E-state index contributed by atoms with van der Waals surface area (Å²) in [5.41, 5.74) is 14.1. The molecule has 1 unspecified atom stereocenters. The maximum absolute atomic E-state index is 14.0. The fourth-order valence-corrected chi connectivity index (χ4v) is 11.3. The van der Waals surface area contributed by atoms with Gasteiger partial charge in [-0.05, 0) is 97.5 Å². The third-order valence-corrected chi connectivity index (χ3v) is 15.9. The Morgan fingerprint density at radius 3 is 2.32 bits per heavy atom. The third kappa shape index (κ3) is 17.1. The van der Waals surface area contributed by atoms with Crippen molar-refractivity contribution in [3.63, 3.8) is 0 Å². The van der Waals surface area contributed by atoms with E-state index >= 15 is 0 Å². The van der Waals surface area contributed by atoms with E-state index in [4.69, 9.17) is 19.9 Å². The minimum atomic E-state index is -3.22. The number of amides is 5. The van der Waals surface area contributed by atoms with E-state index in [1.165, 1.54) is 53.1 Å². The molecule has 4 aromatic heterocycles. The number of esters is 1. The van der Waals surface area contributed by atoms with Gasteiger partial charge in [0, 0.05) is 90.5 Å². The van der Waals surface area contributed by atoms with Gasteiger partial charge in [-0.2, -0.15) is 5.26 Å². The normalized spacial score (nSPS) is 13.8. The molecular weight excluding hydrogens is 1120 g/mol. The van der Waals surface area contributed by atoms with Crippen molar-refractivity contribution in [2.24, 2.45) is 0 Å². The van der Waals surface area contributed by atoms with E-state index in [0.717, 1.165) is 55.6 Å². The Labute approximate surface area is 490 Å². The van der Waals surface area contributed by atoms with Gasteiger partial charge in [-0.1, -0.05) is 63.5 Å². The van der Waals surface area contributed by atoms with Gasteiger partial charge in [0.1, 0.15) is 24.4 Å². The van der Waals surface area contributed by atoms with Crippen molar-refractivity contribution in [2.75, 3.05) is 57.1 Å². The lowest BCUT2D eigenvalue weighted by atomic mass is 9.98. The lowest BCUT2D eigenvalue weighted by Crippen LogP contribution is -2.50. The number of alkyl halides is 2. The van der Waals surface area contributed by atoms with Gasteiger partial charge in [0.2, 0.25) is 23.6 Å². The van der Waals surface area contributed by atoms with Crippen molar-refractivity contribution in [3.8, 4) is 40.0 Å². The molecule has 0 radical (unpaired) electrons. The van der Waals surface area contributed by atoms with Crippen LogP contribution in [0.2, 0.25) is 0 Å². The number of hydrogen-bond acceptors (Lipinski definition) is 17. The highest BCUT2D eigenvalue weighted by molar-refractivity contribution is 8.76. The average molecular weight is 1180 g/mol. The van der Waals surface area contributed by atoms with Crippen molar-refractivity contribution < 1.29 is 51.8 Å². The minimum Gasteiger partial charge on any atom is -0.484 e. The van der Waals surface area contributed by atoms with Crippen molar-refractivity contribution >= 4 is 84.6 Å². The fourth-order valence-electron chi connectivity index (χ4n) is 9.06. The number of carbonyl (C=O) groups excluding carboxylic acids is 6. The topological polar surface area (TPSA) is 283 Å². The Morgan fingerprint density at radius 2 is 1.56 bits per heavy atom. The molecule has 8 rings (SSSR count). The number of anilines is 1. The molecule has 2 atom stereocenters. The Balaban J connectivity index is 0.802. The molecule has 0 bridgehead atoms. The number of hydrogen-bond donors (Lipinski definition) is 5. The zero-order chi connectivity index (χ0) is 59.6. The van der Waals surface area contributed by atoms with E-state index < -0.39 is 73.7 Å². The molecule has 1 aliphatic rings. The number of aryl methyl sites for hydroxylation is 2. The number of nitrogens with one attached hydrogen (secondary N) is 4. The van der Waals surface area contributed by atoms with Gasteiger partial charge in [-0.25, -0.2) is 13.8 Å². The molecule has 0 saturated carbocycles. The summed E-state index contributed by atoms with van der Waals surface area (Å²) in [5, 5.41) is 21.2. The number of aromatic nitrogens is 4. The SMILES string of the molecule is COc1ncc(-c2ccc3nccc(-c4ccc(COC(=O)CCCSSCC(NC(=O)COc5ccc6nccc(C(=O)NCC(=O)N7CC(F)(F)C[C@H]7C#N)c6c5)C(=O)NCCNC(=O)CCCc5ccc(C)cc5)nc4)c3c2)cc1N. The number of ether oxygens (including phenoxy) is 3. The number of rotatable bonds is 27. The summed E-state index contributed by atoms with van der Waals surface area (Å²) < 4.78 is 44.5. The molecule has 0 spiro atoms. The molecule has 1 aliphatic heterocycles. The van der Waals surface area contributed by atoms with Crippen LogP contribution in [0.4, 0.5) is 14.5 Å². The molecule has 1 saturated heterocycles. The molecule has 3 aromatic carbocycles. The van der Waals surface area contributed by atoms with Crippen LogP contribution in [0.1, 0.15) is 59.3 Å². The van der Waals surface area contributed by atoms with Crippen LogP contribution in [-0.4, -0.2) is 130 Å². The summed E-state index contributed by atoms with van der Waals surface area (Å²) in [6.07, 6.45) is 8.06. The van der Waals surface area contributed by atoms with Gasteiger partial charge in [0.05, 0.1) is 54.2 Å². The Kier molecular flexibility index (Phi) is 21.4. The quantitative estimate of drug-likeness (QED) is 0.0191. The molecule has 20 nitrogen and oxygen atoms in total. The van der Waals surface area contributed by atoms with Gasteiger partial charge in [-0.3, -0.25) is 43.7 Å². The summed E-state index contributed by atoms with van der Waals surface area (Å²) in [5.74, 6) is -5.32. The number of methoxy groups -OCH3 is 1. The van der Waals surface area contributed by atoms with Crippen LogP contribution in [0.5, 0.6) is 11.6 Å². The summed E-state index contributed by atoms with van der Waals surface area (Å²) in [7, 11) is 4.24. The van der Waals surface area contributed by atoms with E-state index in [2.05, 4.69) is 41.2 Å². The summed E-state index contributed by atoms with van der Waals surface area (Å²) in [4.78, 5) is 96.8. The third-order valence-electron chi connectivity index (χ3n) is 13.4. The number of pyridine rings is 4. The fraction of sp³-hybridized carbons (Fsp3) is 0.317. The number of nitrogen functional groups attached to an aromatic ring is 1. The van der Waals surface area contributed by atoms with Crippen LogP contribution in [0.15, 0.2) is 116 Å². The van der Waals surface area contributed by atoms with Crippen LogP contribution in [0, 0.1) is 18.3 Å². The lowest BCUT2D eigenvalue weighted by molar-refractivity contribution is -0.145. The van der Waals surface area contributed by atoms with Gasteiger partial charge in [0.15, 0.2) is 6.61 Å². The monoisotopic (exact) mass is 1180 g/mol. The Bertz CT molecular complexity index is 3560. The number of nitrogens with two attached hydrogens (primary N) is 1. The molecule has 84 heavy (non-hydrogen) atoms. The zero-order valence-electron chi connectivity index (χ0n) is 46.0. The largest absolute Gasteiger partial charge is 0.484 e. The van der Waals surface area contributed by atoms with E-state index in [1.807, 2.05) is 67.6 Å². The average Bonchev–Trinajstić information content (AvgIpc) is 4.00. The van der Waals surface area contributed by atoms with E-state index in [-0.39, 0.29) is 49.1 Å². The van der Waals surface area contributed by atoms with Crippen molar-refractivity contribution in [2.45, 2.75) is 70.1 Å². The first-order chi connectivity index (χ1) is 40.6. The smallest absolute Gasteiger partial charge is 0.306 e. The molecule has 436 valence electrons. The van der Waals surface area contributed by atoms with Crippen molar-refractivity contribution in [1.82, 2.24) is 46.1 Å². The first-order valence-corrected chi connectivity index (χ1v) is 29.3. The van der Waals surface area contributed by atoms with Crippen LogP contribution in [-0.2, 0) is 41.7 Å². The zero-order valence-corrected chi connectivity index (χ0v) is 47.7. The van der Waals surface area contributed by atoms with Crippen LogP contribution >= 0.6 is 21.6 Å². The number of likely N-dealkylation sites (tertiary alicyclic amines) is 1. The molecule has 24 heteroatoms. The number of nitrogens with zero attached hydrogens (tertiary/aromatic N) is 6. The molecule has 1 fully saturated rings. The van der Waals surface area contributed by atoms with E-state index in [0.29, 0.717) is 53.2 Å². The second-order valence-corrected chi connectivity index (χ2v) is 22.3. The maximum Gasteiger partial charge on any atom is 0.306 e. The highest BCUT2D eigenvalue weighted by Crippen LogP contribution is 2.34. The van der Waals surface area contributed by atoms with Crippen LogP contribution < -0.4 is 36.5 Å². The summed E-state index contributed by atoms with van der Waals surface area (Å²) in [6, 6.07) is 26.8. The van der Waals surface area contributed by atoms with Crippen LogP contribution in [0.25, 0.3) is 44.1 Å². The van der Waals surface area contributed by atoms with Crippen molar-refractivity contribution in [1.29, 1.82) is 5.26 Å². The number of nitriles is 1. The number of halogens is 2. The standard InChI is InChI=1S/C60H61F2N11O9S2/c1-37-8-10-38(11-9-37)5-3-6-53(74)67-22-23-68-58(79)52(72-54(75)34-81-44-15-17-51-48(27-44)46(19-21-66-51)57(78)70-32-55(76)73-36-60(61,62)28-43(73)29-63)35-84-83-24-4-7-56(77)82-33-42-14-12-40(30-69-42)45-18-20-65-50-16-13-39(25-47(45)50)41-26-49(64)59(80-2)71-31-41/h8-21,25-27,30-31,43,52H,3-7,22-24,28,32-36,64H2,1-2H3,(H,67,74)(H,68,79)(H,70,78)(H,72,75)/t43-,52?/m0/s1. The van der Waals surface area contributed by atoms with Gasteiger partial charge < -0.3 is 46.1 Å². The second-order valence-electron chi connectivity index (χ2n) is 19.7. The second kappa shape index (κ2) is 29.3. The number of benzene rings is 3. The Morgan fingerprint density at radius 1 is 0.810 bits per heavy atom. The number of fused-ring (bicyclic) bond motifs is 2. The van der Waals surface area contributed by atoms with E-state index in [1.54, 1.807) is 36.8 Å². The molecule has 6 N–H and O–H groups in total. The van der Waals surface area contributed by atoms with Gasteiger partial charge >= 0.3 is 5.97 Å². The number of carbonyl (C=O) groups is 6.